The van der Waals surface area contributed by atoms with Crippen molar-refractivity contribution in [2.24, 2.45) is 0 Å². The third-order valence-corrected chi connectivity index (χ3v) is 4.06. The normalized spacial score (nSPS) is 11.2. The molecule has 0 fully saturated rings. The Morgan fingerprint density at radius 1 is 1.03 bits per heavy atom. The standard InChI is InChI=1S/C21H24F3NO4/c1-4-25-13-15-12-16(21(22,23)24)7-9-17(15)29-19-10-14(6-8-18(19)27-3)11-20(26)28-5-2/h6-10,12,25H,4-5,11,13H2,1-3H3. The minimum absolute atomic E-state index is 0.0471. The van der Waals surface area contributed by atoms with Crippen LogP contribution in [0.3, 0.4) is 0 Å². The number of halogens is 3. The molecule has 158 valence electrons. The van der Waals surface area contributed by atoms with Gasteiger partial charge in [-0.1, -0.05) is 13.0 Å². The highest BCUT2D eigenvalue weighted by atomic mass is 19.4. The van der Waals surface area contributed by atoms with Gasteiger partial charge < -0.3 is 19.5 Å². The highest BCUT2D eigenvalue weighted by Crippen LogP contribution is 2.37. The molecule has 0 radical (unpaired) electrons. The second-order valence-electron chi connectivity index (χ2n) is 6.17. The third-order valence-electron chi connectivity index (χ3n) is 4.06. The molecule has 0 spiro atoms. The number of methoxy groups -OCH3 is 1. The van der Waals surface area contributed by atoms with Gasteiger partial charge in [0.15, 0.2) is 11.5 Å². The molecule has 0 amide bonds. The maximum Gasteiger partial charge on any atom is 0.416 e. The van der Waals surface area contributed by atoms with Gasteiger partial charge in [0.25, 0.3) is 0 Å². The van der Waals surface area contributed by atoms with Crippen LogP contribution in [0.25, 0.3) is 0 Å². The molecule has 0 heterocycles. The molecule has 0 aliphatic carbocycles. The molecule has 0 atom stereocenters. The van der Waals surface area contributed by atoms with E-state index in [0.29, 0.717) is 29.2 Å². The minimum Gasteiger partial charge on any atom is -0.493 e. The van der Waals surface area contributed by atoms with Crippen LogP contribution < -0.4 is 14.8 Å². The van der Waals surface area contributed by atoms with E-state index in [9.17, 15) is 18.0 Å². The van der Waals surface area contributed by atoms with Crippen molar-refractivity contribution < 1.29 is 32.2 Å². The third kappa shape index (κ3) is 6.39. The molecule has 5 nitrogen and oxygen atoms in total. The van der Waals surface area contributed by atoms with Gasteiger partial charge in [0, 0.05) is 12.1 Å². The summed E-state index contributed by atoms with van der Waals surface area (Å²) in [5, 5.41) is 3.01. The number of carbonyl (C=O) groups is 1. The Hall–Kier alpha value is -2.74. The zero-order valence-corrected chi connectivity index (χ0v) is 16.6. The topological polar surface area (TPSA) is 56.8 Å². The molecule has 2 aromatic rings. The quantitative estimate of drug-likeness (QED) is 0.605. The van der Waals surface area contributed by atoms with Crippen molar-refractivity contribution in [1.29, 1.82) is 0 Å². The fourth-order valence-corrected chi connectivity index (χ4v) is 2.66. The van der Waals surface area contributed by atoms with Crippen molar-refractivity contribution in [2.75, 3.05) is 20.3 Å². The van der Waals surface area contributed by atoms with Gasteiger partial charge in [0.1, 0.15) is 5.75 Å². The SMILES string of the molecule is CCNCc1cc(C(F)(F)F)ccc1Oc1cc(CC(=O)OCC)ccc1OC. The summed E-state index contributed by atoms with van der Waals surface area (Å²) >= 11 is 0. The number of rotatable bonds is 9. The van der Waals surface area contributed by atoms with Gasteiger partial charge in [0.05, 0.1) is 25.7 Å². The number of esters is 1. The van der Waals surface area contributed by atoms with Crippen molar-refractivity contribution in [2.45, 2.75) is 33.0 Å². The summed E-state index contributed by atoms with van der Waals surface area (Å²) in [6.07, 6.45) is -4.40. The van der Waals surface area contributed by atoms with Crippen LogP contribution in [0.4, 0.5) is 13.2 Å². The van der Waals surface area contributed by atoms with Gasteiger partial charge in [-0.25, -0.2) is 0 Å². The molecule has 0 bridgehead atoms. The molecule has 2 rings (SSSR count). The maximum absolute atomic E-state index is 13.1. The second kappa shape index (κ2) is 10.2. The van der Waals surface area contributed by atoms with Crippen molar-refractivity contribution >= 4 is 5.97 Å². The second-order valence-corrected chi connectivity index (χ2v) is 6.17. The fourth-order valence-electron chi connectivity index (χ4n) is 2.66. The lowest BCUT2D eigenvalue weighted by atomic mass is 10.1. The van der Waals surface area contributed by atoms with Gasteiger partial charge in [-0.2, -0.15) is 13.2 Å². The van der Waals surface area contributed by atoms with E-state index in [0.717, 1.165) is 12.1 Å². The zero-order valence-electron chi connectivity index (χ0n) is 16.6. The molecular formula is C21H24F3NO4. The number of hydrogen-bond acceptors (Lipinski definition) is 5. The molecule has 0 saturated carbocycles. The number of carbonyl (C=O) groups excluding carboxylic acids is 1. The van der Waals surface area contributed by atoms with Gasteiger partial charge in [0.2, 0.25) is 0 Å². The first kappa shape index (κ1) is 22.5. The Morgan fingerprint density at radius 2 is 1.76 bits per heavy atom. The Kier molecular flexibility index (Phi) is 7.90. The molecule has 2 aromatic carbocycles. The lowest BCUT2D eigenvalue weighted by Crippen LogP contribution is -2.14. The van der Waals surface area contributed by atoms with Crippen LogP contribution in [0.5, 0.6) is 17.2 Å². The summed E-state index contributed by atoms with van der Waals surface area (Å²) in [7, 11) is 1.46. The Balaban J connectivity index is 2.36. The summed E-state index contributed by atoms with van der Waals surface area (Å²) in [6.45, 7) is 4.65. The van der Waals surface area contributed by atoms with Crippen LogP contribution in [-0.2, 0) is 28.7 Å². The average Bonchev–Trinajstić information content (AvgIpc) is 2.66. The Morgan fingerprint density at radius 3 is 2.38 bits per heavy atom. The summed E-state index contributed by atoms with van der Waals surface area (Å²) < 4.78 is 55.4. The molecule has 0 aliphatic rings. The van der Waals surface area contributed by atoms with E-state index < -0.39 is 11.7 Å². The summed E-state index contributed by atoms with van der Waals surface area (Å²) in [5.74, 6) is 0.579. The zero-order chi connectivity index (χ0) is 21.4. The lowest BCUT2D eigenvalue weighted by molar-refractivity contribution is -0.142. The maximum atomic E-state index is 13.1. The van der Waals surface area contributed by atoms with Gasteiger partial charge in [-0.15, -0.1) is 0 Å². The number of nitrogens with one attached hydrogen (secondary N) is 1. The molecule has 0 aliphatic heterocycles. The van der Waals surface area contributed by atoms with Crippen LogP contribution in [0.2, 0.25) is 0 Å². The van der Waals surface area contributed by atoms with Crippen molar-refractivity contribution in [1.82, 2.24) is 5.32 Å². The Bertz CT molecular complexity index is 837. The first-order chi connectivity index (χ1) is 13.8. The van der Waals surface area contributed by atoms with Crippen molar-refractivity contribution in [3.8, 4) is 17.2 Å². The smallest absolute Gasteiger partial charge is 0.416 e. The van der Waals surface area contributed by atoms with Gasteiger partial charge >= 0.3 is 12.1 Å². The van der Waals surface area contributed by atoms with E-state index >= 15 is 0 Å². The minimum atomic E-state index is -4.45. The van der Waals surface area contributed by atoms with Crippen LogP contribution in [0.15, 0.2) is 36.4 Å². The number of ether oxygens (including phenoxy) is 3. The van der Waals surface area contributed by atoms with Crippen LogP contribution in [0, 0.1) is 0 Å². The van der Waals surface area contributed by atoms with Gasteiger partial charge in [-0.05, 0) is 49.4 Å². The fraction of sp³-hybridized carbons (Fsp3) is 0.381. The molecular weight excluding hydrogens is 387 g/mol. The van der Waals surface area contributed by atoms with Crippen molar-refractivity contribution in [3.05, 3.63) is 53.1 Å². The predicted octanol–water partition coefficient (Wildman–Crippen LogP) is 4.72. The van der Waals surface area contributed by atoms with Crippen LogP contribution >= 0.6 is 0 Å². The van der Waals surface area contributed by atoms with Crippen LogP contribution in [-0.4, -0.2) is 26.2 Å². The first-order valence-electron chi connectivity index (χ1n) is 9.19. The number of benzene rings is 2. The summed E-state index contributed by atoms with van der Waals surface area (Å²) in [4.78, 5) is 11.7. The van der Waals surface area contributed by atoms with Gasteiger partial charge in [-0.3, -0.25) is 4.79 Å². The highest BCUT2D eigenvalue weighted by Gasteiger charge is 2.31. The molecule has 29 heavy (non-hydrogen) atoms. The first-order valence-corrected chi connectivity index (χ1v) is 9.19. The van der Waals surface area contributed by atoms with E-state index in [1.165, 1.54) is 13.2 Å². The van der Waals surface area contributed by atoms with E-state index in [1.54, 1.807) is 25.1 Å². The molecule has 1 N–H and O–H groups in total. The molecule has 0 saturated heterocycles. The van der Waals surface area contributed by atoms with E-state index in [-0.39, 0.29) is 31.3 Å². The Labute approximate surface area is 167 Å². The van der Waals surface area contributed by atoms with Crippen molar-refractivity contribution in [3.63, 3.8) is 0 Å². The van der Waals surface area contributed by atoms with E-state index in [2.05, 4.69) is 5.32 Å². The van der Waals surface area contributed by atoms with E-state index in [1.807, 2.05) is 6.92 Å². The number of alkyl halides is 3. The highest BCUT2D eigenvalue weighted by molar-refractivity contribution is 5.73. The van der Waals surface area contributed by atoms with Crippen LogP contribution in [0.1, 0.15) is 30.5 Å². The molecule has 0 aromatic heterocycles. The monoisotopic (exact) mass is 411 g/mol. The molecule has 0 unspecified atom stereocenters. The van der Waals surface area contributed by atoms with E-state index in [4.69, 9.17) is 14.2 Å². The predicted molar refractivity (Wildman–Crippen MR) is 102 cm³/mol. The molecule has 8 heteroatoms. The lowest BCUT2D eigenvalue weighted by Gasteiger charge is -2.17. The number of hydrogen-bond donors (Lipinski definition) is 1. The summed E-state index contributed by atoms with van der Waals surface area (Å²) in [6, 6.07) is 8.27. The largest absolute Gasteiger partial charge is 0.493 e. The average molecular weight is 411 g/mol. The summed E-state index contributed by atoms with van der Waals surface area (Å²) in [5.41, 5.74) is 0.250.